The molecule has 0 saturated heterocycles. The van der Waals surface area contributed by atoms with Gasteiger partial charge in [0.25, 0.3) is 0 Å². The lowest BCUT2D eigenvalue weighted by Crippen LogP contribution is -2.35. The summed E-state index contributed by atoms with van der Waals surface area (Å²) in [5.41, 5.74) is 0.263. The second-order valence-electron chi connectivity index (χ2n) is 4.10. The van der Waals surface area contributed by atoms with Crippen molar-refractivity contribution in [2.45, 2.75) is 40.5 Å². The molecule has 0 rings (SSSR count). The molecule has 0 aliphatic heterocycles. The third kappa shape index (κ3) is 3.40. The predicted octanol–water partition coefficient (Wildman–Crippen LogP) is 2.34. The summed E-state index contributed by atoms with van der Waals surface area (Å²) in [6.45, 7) is 10.1. The molecule has 0 aliphatic rings. The topological polar surface area (TPSA) is 51.2 Å². The normalized spacial score (nSPS) is 12.3. The molecular weight excluding hydrogens is 204 g/mol. The van der Waals surface area contributed by atoms with Crippen LogP contribution in [0.25, 0.3) is 0 Å². The van der Waals surface area contributed by atoms with Crippen LogP contribution in [0.4, 0.5) is 0 Å². The zero-order valence-electron chi connectivity index (χ0n) is 10.5. The van der Waals surface area contributed by atoms with Crippen molar-refractivity contribution in [1.29, 1.82) is 0 Å². The fraction of sp³-hybridized carbons (Fsp3) is 0.615. The third-order valence-electron chi connectivity index (χ3n) is 2.76. The van der Waals surface area contributed by atoms with Crippen molar-refractivity contribution < 1.29 is 14.4 Å². The Bertz CT molecular complexity index is 311. The molecule has 0 aromatic heterocycles. The highest BCUT2D eigenvalue weighted by atomic mass is 16.2. The fourth-order valence-corrected chi connectivity index (χ4v) is 1.69. The van der Waals surface area contributed by atoms with Crippen molar-refractivity contribution in [2.75, 3.05) is 0 Å². The van der Waals surface area contributed by atoms with Crippen LogP contribution < -0.4 is 0 Å². The number of hydrogen-bond acceptors (Lipinski definition) is 3. The van der Waals surface area contributed by atoms with Gasteiger partial charge in [-0.25, -0.2) is 0 Å². The van der Waals surface area contributed by atoms with Crippen LogP contribution >= 0.6 is 0 Å². The largest absolute Gasteiger partial charge is 0.299 e. The fourth-order valence-electron chi connectivity index (χ4n) is 1.69. The molecule has 3 heteroatoms. The van der Waals surface area contributed by atoms with E-state index in [9.17, 15) is 14.4 Å². The number of ketones is 3. The molecule has 0 aromatic rings. The minimum Gasteiger partial charge on any atom is -0.299 e. The SMILES string of the molecule is C=C(C)C(=O)C(C(C)=O)C(=O)C(CC)CC. The van der Waals surface area contributed by atoms with Crippen molar-refractivity contribution in [3.8, 4) is 0 Å². The third-order valence-corrected chi connectivity index (χ3v) is 2.76. The van der Waals surface area contributed by atoms with Gasteiger partial charge in [0.2, 0.25) is 0 Å². The first-order chi connectivity index (χ1) is 7.36. The molecule has 0 aromatic carbocycles. The highest BCUT2D eigenvalue weighted by Crippen LogP contribution is 2.18. The molecule has 0 amide bonds. The van der Waals surface area contributed by atoms with Crippen molar-refractivity contribution >= 4 is 17.3 Å². The molecule has 0 saturated carbocycles. The Morgan fingerprint density at radius 2 is 1.50 bits per heavy atom. The van der Waals surface area contributed by atoms with E-state index in [0.29, 0.717) is 12.8 Å². The Morgan fingerprint density at radius 1 is 1.06 bits per heavy atom. The molecular formula is C13H20O3. The highest BCUT2D eigenvalue weighted by Gasteiger charge is 2.34. The number of rotatable bonds is 7. The van der Waals surface area contributed by atoms with Gasteiger partial charge in [0, 0.05) is 5.92 Å². The van der Waals surface area contributed by atoms with E-state index < -0.39 is 11.7 Å². The zero-order valence-corrected chi connectivity index (χ0v) is 10.5. The predicted molar refractivity (Wildman–Crippen MR) is 63.1 cm³/mol. The quantitative estimate of drug-likeness (QED) is 0.492. The Morgan fingerprint density at radius 3 is 1.75 bits per heavy atom. The lowest BCUT2D eigenvalue weighted by molar-refractivity contribution is -0.139. The monoisotopic (exact) mass is 224 g/mol. The number of allylic oxidation sites excluding steroid dienone is 1. The zero-order chi connectivity index (χ0) is 12.9. The maximum Gasteiger partial charge on any atom is 0.175 e. The minimum absolute atomic E-state index is 0.211. The first-order valence-electron chi connectivity index (χ1n) is 5.60. The molecule has 1 atom stereocenters. The average molecular weight is 224 g/mol. The van der Waals surface area contributed by atoms with Crippen LogP contribution in [0.1, 0.15) is 40.5 Å². The van der Waals surface area contributed by atoms with Crippen molar-refractivity contribution in [3.63, 3.8) is 0 Å². The van der Waals surface area contributed by atoms with Gasteiger partial charge in [-0.1, -0.05) is 20.4 Å². The van der Waals surface area contributed by atoms with Crippen LogP contribution in [0, 0.1) is 11.8 Å². The average Bonchev–Trinajstić information content (AvgIpc) is 2.18. The second-order valence-corrected chi connectivity index (χ2v) is 4.10. The van der Waals surface area contributed by atoms with Crippen LogP contribution in [-0.4, -0.2) is 17.3 Å². The molecule has 0 bridgehead atoms. The van der Waals surface area contributed by atoms with E-state index in [1.54, 1.807) is 0 Å². The summed E-state index contributed by atoms with van der Waals surface area (Å²) in [5.74, 6) is -2.43. The lowest BCUT2D eigenvalue weighted by Gasteiger charge is -2.17. The minimum atomic E-state index is -1.14. The van der Waals surface area contributed by atoms with E-state index in [1.807, 2.05) is 13.8 Å². The van der Waals surface area contributed by atoms with Crippen LogP contribution in [0.15, 0.2) is 12.2 Å². The van der Waals surface area contributed by atoms with E-state index in [1.165, 1.54) is 13.8 Å². The number of Topliss-reactive ketones (excluding diaryl/α,β-unsaturated/α-hetero) is 3. The Balaban J connectivity index is 5.07. The van der Waals surface area contributed by atoms with Gasteiger partial charge in [-0.05, 0) is 32.3 Å². The molecule has 0 radical (unpaired) electrons. The lowest BCUT2D eigenvalue weighted by atomic mass is 9.83. The van der Waals surface area contributed by atoms with E-state index in [-0.39, 0.29) is 23.1 Å². The van der Waals surface area contributed by atoms with Crippen molar-refractivity contribution in [3.05, 3.63) is 12.2 Å². The molecule has 1 unspecified atom stereocenters. The van der Waals surface area contributed by atoms with Gasteiger partial charge in [-0.2, -0.15) is 0 Å². The smallest absolute Gasteiger partial charge is 0.175 e. The van der Waals surface area contributed by atoms with Crippen LogP contribution in [0.3, 0.4) is 0 Å². The van der Waals surface area contributed by atoms with Crippen LogP contribution in [-0.2, 0) is 14.4 Å². The summed E-state index contributed by atoms with van der Waals surface area (Å²) in [5, 5.41) is 0. The van der Waals surface area contributed by atoms with Gasteiger partial charge in [0.15, 0.2) is 11.6 Å². The van der Waals surface area contributed by atoms with E-state index in [2.05, 4.69) is 6.58 Å². The Kier molecular flexibility index (Phi) is 5.86. The summed E-state index contributed by atoms with van der Waals surface area (Å²) in [4.78, 5) is 35.1. The van der Waals surface area contributed by atoms with E-state index >= 15 is 0 Å². The van der Waals surface area contributed by atoms with Gasteiger partial charge < -0.3 is 0 Å². The van der Waals surface area contributed by atoms with Crippen molar-refractivity contribution in [2.24, 2.45) is 11.8 Å². The van der Waals surface area contributed by atoms with Gasteiger partial charge in [0.05, 0.1) is 0 Å². The van der Waals surface area contributed by atoms with Gasteiger partial charge in [-0.3, -0.25) is 14.4 Å². The van der Waals surface area contributed by atoms with Crippen molar-refractivity contribution in [1.82, 2.24) is 0 Å². The Labute approximate surface area is 96.9 Å². The summed E-state index contributed by atoms with van der Waals surface area (Å²) in [7, 11) is 0. The molecule has 0 spiro atoms. The van der Waals surface area contributed by atoms with Gasteiger partial charge in [-0.15, -0.1) is 0 Å². The van der Waals surface area contributed by atoms with Crippen LogP contribution in [0.2, 0.25) is 0 Å². The summed E-state index contributed by atoms with van der Waals surface area (Å²) in [6.07, 6.45) is 1.31. The maximum atomic E-state index is 12.0. The van der Waals surface area contributed by atoms with E-state index in [0.717, 1.165) is 0 Å². The molecule has 90 valence electrons. The molecule has 3 nitrogen and oxygen atoms in total. The summed E-state index contributed by atoms with van der Waals surface area (Å²) < 4.78 is 0. The molecule has 16 heavy (non-hydrogen) atoms. The molecule has 0 N–H and O–H groups in total. The van der Waals surface area contributed by atoms with Crippen LogP contribution in [0.5, 0.6) is 0 Å². The van der Waals surface area contributed by atoms with Gasteiger partial charge in [0.1, 0.15) is 11.7 Å². The van der Waals surface area contributed by atoms with E-state index in [4.69, 9.17) is 0 Å². The summed E-state index contributed by atoms with van der Waals surface area (Å²) >= 11 is 0. The molecule has 0 aliphatic carbocycles. The maximum absolute atomic E-state index is 12.0. The molecule has 0 fully saturated rings. The second kappa shape index (κ2) is 6.36. The summed E-state index contributed by atoms with van der Waals surface area (Å²) in [6, 6.07) is 0. The standard InChI is InChI=1S/C13H20O3/c1-6-10(7-2)13(16)11(9(5)14)12(15)8(3)4/h10-11H,3,6-7H2,1-2,4-5H3. The Hall–Kier alpha value is -1.25. The highest BCUT2D eigenvalue weighted by molar-refractivity contribution is 6.23. The number of carbonyl (C=O) groups is 3. The first kappa shape index (κ1) is 14.8. The number of carbonyl (C=O) groups excluding carboxylic acids is 3. The first-order valence-corrected chi connectivity index (χ1v) is 5.60. The van der Waals surface area contributed by atoms with Gasteiger partial charge >= 0.3 is 0 Å². The number of hydrogen-bond donors (Lipinski definition) is 0. The molecule has 0 heterocycles.